The van der Waals surface area contributed by atoms with Crippen LogP contribution < -0.4 is 9.47 Å². The van der Waals surface area contributed by atoms with Gasteiger partial charge >= 0.3 is 0 Å². The quantitative estimate of drug-likeness (QED) is 0.806. The maximum Gasteiger partial charge on any atom is 0.129 e. The molecule has 0 amide bonds. The Kier molecular flexibility index (Phi) is 3.00. The Balaban J connectivity index is 2.03. The molecule has 2 aromatic rings. The summed E-state index contributed by atoms with van der Waals surface area (Å²) in [6, 6.07) is 14.3. The van der Waals surface area contributed by atoms with E-state index in [1.807, 2.05) is 18.2 Å². The van der Waals surface area contributed by atoms with E-state index in [4.69, 9.17) is 9.47 Å². The van der Waals surface area contributed by atoms with E-state index in [-0.39, 0.29) is 0 Å². The first-order chi connectivity index (χ1) is 9.28. The molecule has 0 unspecified atom stereocenters. The van der Waals surface area contributed by atoms with Crippen LogP contribution in [0.3, 0.4) is 0 Å². The SMILES string of the molecule is COc1cccc(C2=Cc3cccc(C)c3OC2)c1. The van der Waals surface area contributed by atoms with Crippen molar-refractivity contribution in [2.24, 2.45) is 0 Å². The molecule has 0 atom stereocenters. The molecule has 0 aromatic heterocycles. The topological polar surface area (TPSA) is 18.5 Å². The van der Waals surface area contributed by atoms with Crippen LogP contribution in [0.15, 0.2) is 42.5 Å². The van der Waals surface area contributed by atoms with Gasteiger partial charge in [-0.3, -0.25) is 0 Å². The van der Waals surface area contributed by atoms with E-state index in [0.29, 0.717) is 6.61 Å². The largest absolute Gasteiger partial charge is 0.497 e. The highest BCUT2D eigenvalue weighted by Crippen LogP contribution is 2.33. The molecule has 0 spiro atoms. The summed E-state index contributed by atoms with van der Waals surface area (Å²) in [4.78, 5) is 0. The summed E-state index contributed by atoms with van der Waals surface area (Å²) in [6.07, 6.45) is 2.20. The molecule has 19 heavy (non-hydrogen) atoms. The highest BCUT2D eigenvalue weighted by molar-refractivity contribution is 5.86. The van der Waals surface area contributed by atoms with Gasteiger partial charge in [0.15, 0.2) is 0 Å². The Bertz CT molecular complexity index is 641. The van der Waals surface area contributed by atoms with Crippen LogP contribution in [-0.4, -0.2) is 13.7 Å². The van der Waals surface area contributed by atoms with Crippen LogP contribution in [0.4, 0.5) is 0 Å². The van der Waals surface area contributed by atoms with Gasteiger partial charge in [0, 0.05) is 5.56 Å². The smallest absolute Gasteiger partial charge is 0.129 e. The fraction of sp³-hybridized carbons (Fsp3) is 0.176. The third-order valence-corrected chi connectivity index (χ3v) is 3.38. The summed E-state index contributed by atoms with van der Waals surface area (Å²) in [5, 5.41) is 0. The normalized spacial score (nSPS) is 13.3. The Morgan fingerprint density at radius 1 is 1.11 bits per heavy atom. The number of rotatable bonds is 2. The fourth-order valence-electron chi connectivity index (χ4n) is 2.35. The zero-order valence-corrected chi connectivity index (χ0v) is 11.1. The summed E-state index contributed by atoms with van der Waals surface area (Å²) in [7, 11) is 1.68. The van der Waals surface area contributed by atoms with Crippen LogP contribution >= 0.6 is 0 Å². The lowest BCUT2D eigenvalue weighted by molar-refractivity contribution is 0.363. The Morgan fingerprint density at radius 2 is 1.95 bits per heavy atom. The van der Waals surface area contributed by atoms with Crippen molar-refractivity contribution >= 4 is 11.6 Å². The molecule has 0 fully saturated rings. The van der Waals surface area contributed by atoms with Gasteiger partial charge in [-0.1, -0.05) is 30.3 Å². The van der Waals surface area contributed by atoms with Gasteiger partial charge in [-0.2, -0.15) is 0 Å². The van der Waals surface area contributed by atoms with Gasteiger partial charge in [0.25, 0.3) is 0 Å². The molecule has 1 aliphatic heterocycles. The molecular formula is C17H16O2. The zero-order valence-electron chi connectivity index (χ0n) is 11.1. The van der Waals surface area contributed by atoms with Crippen molar-refractivity contribution in [2.45, 2.75) is 6.92 Å². The number of hydrogen-bond acceptors (Lipinski definition) is 2. The van der Waals surface area contributed by atoms with Crippen molar-refractivity contribution in [1.82, 2.24) is 0 Å². The van der Waals surface area contributed by atoms with Crippen molar-refractivity contribution in [2.75, 3.05) is 13.7 Å². The monoisotopic (exact) mass is 252 g/mol. The number of para-hydroxylation sites is 1. The predicted molar refractivity (Wildman–Crippen MR) is 77.5 cm³/mol. The lowest BCUT2D eigenvalue weighted by Crippen LogP contribution is -2.07. The molecule has 2 heteroatoms. The summed E-state index contributed by atoms with van der Waals surface area (Å²) < 4.78 is 11.2. The number of ether oxygens (including phenoxy) is 2. The molecule has 1 heterocycles. The van der Waals surface area contributed by atoms with Crippen molar-refractivity contribution < 1.29 is 9.47 Å². The molecular weight excluding hydrogens is 236 g/mol. The van der Waals surface area contributed by atoms with Gasteiger partial charge in [0.05, 0.1) is 7.11 Å². The van der Waals surface area contributed by atoms with E-state index in [1.165, 1.54) is 11.1 Å². The second-order valence-corrected chi connectivity index (χ2v) is 4.68. The first-order valence-corrected chi connectivity index (χ1v) is 6.35. The van der Waals surface area contributed by atoms with Gasteiger partial charge in [-0.25, -0.2) is 0 Å². The van der Waals surface area contributed by atoms with E-state index >= 15 is 0 Å². The molecule has 0 radical (unpaired) electrons. The van der Waals surface area contributed by atoms with E-state index < -0.39 is 0 Å². The van der Waals surface area contributed by atoms with Crippen LogP contribution in [0.1, 0.15) is 16.7 Å². The summed E-state index contributed by atoms with van der Waals surface area (Å²) >= 11 is 0. The van der Waals surface area contributed by atoms with Gasteiger partial charge in [-0.05, 0) is 41.8 Å². The maximum atomic E-state index is 5.89. The minimum Gasteiger partial charge on any atom is -0.497 e. The second kappa shape index (κ2) is 4.81. The van der Waals surface area contributed by atoms with Gasteiger partial charge in [0.2, 0.25) is 0 Å². The predicted octanol–water partition coefficient (Wildman–Crippen LogP) is 3.94. The molecule has 2 nitrogen and oxygen atoms in total. The molecule has 2 aromatic carbocycles. The van der Waals surface area contributed by atoms with Crippen LogP contribution in [0.5, 0.6) is 11.5 Å². The lowest BCUT2D eigenvalue weighted by Gasteiger charge is -2.20. The minimum atomic E-state index is 0.602. The van der Waals surface area contributed by atoms with Crippen LogP contribution in [0.2, 0.25) is 0 Å². The number of hydrogen-bond donors (Lipinski definition) is 0. The van der Waals surface area contributed by atoms with Crippen LogP contribution in [0, 0.1) is 6.92 Å². The molecule has 0 aliphatic carbocycles. The first kappa shape index (κ1) is 11.8. The first-order valence-electron chi connectivity index (χ1n) is 6.35. The molecule has 0 saturated carbocycles. The van der Waals surface area contributed by atoms with Crippen molar-refractivity contribution in [3.8, 4) is 11.5 Å². The number of fused-ring (bicyclic) bond motifs is 1. The van der Waals surface area contributed by atoms with Crippen molar-refractivity contribution in [3.63, 3.8) is 0 Å². The summed E-state index contributed by atoms with van der Waals surface area (Å²) in [5.74, 6) is 1.86. The third-order valence-electron chi connectivity index (χ3n) is 3.38. The minimum absolute atomic E-state index is 0.602. The Hall–Kier alpha value is -2.22. The average molecular weight is 252 g/mol. The van der Waals surface area contributed by atoms with E-state index in [2.05, 4.69) is 37.3 Å². The van der Waals surface area contributed by atoms with E-state index in [1.54, 1.807) is 7.11 Å². The average Bonchev–Trinajstić information content (AvgIpc) is 2.47. The molecule has 0 N–H and O–H groups in total. The zero-order chi connectivity index (χ0) is 13.2. The van der Waals surface area contributed by atoms with Crippen LogP contribution in [0.25, 0.3) is 11.6 Å². The van der Waals surface area contributed by atoms with Gasteiger partial charge < -0.3 is 9.47 Å². The lowest BCUT2D eigenvalue weighted by atomic mass is 9.99. The Labute approximate surface area is 113 Å². The third kappa shape index (κ3) is 2.22. The molecule has 3 rings (SSSR count). The summed E-state index contributed by atoms with van der Waals surface area (Å²) in [5.41, 5.74) is 4.64. The molecule has 0 bridgehead atoms. The highest BCUT2D eigenvalue weighted by Gasteiger charge is 2.14. The maximum absolute atomic E-state index is 5.89. The van der Waals surface area contributed by atoms with Crippen LogP contribution in [-0.2, 0) is 0 Å². The van der Waals surface area contributed by atoms with E-state index in [9.17, 15) is 0 Å². The van der Waals surface area contributed by atoms with Crippen molar-refractivity contribution in [1.29, 1.82) is 0 Å². The molecule has 0 saturated heterocycles. The standard InChI is InChI=1S/C17H16O2/c1-12-5-3-7-14-9-15(11-19-17(12)14)13-6-4-8-16(10-13)18-2/h3-10H,11H2,1-2H3. The number of benzene rings is 2. The van der Waals surface area contributed by atoms with Gasteiger partial charge in [-0.15, -0.1) is 0 Å². The number of aryl methyl sites for hydroxylation is 1. The fourth-order valence-corrected chi connectivity index (χ4v) is 2.35. The summed E-state index contributed by atoms with van der Waals surface area (Å²) in [6.45, 7) is 2.67. The Morgan fingerprint density at radius 3 is 2.79 bits per heavy atom. The van der Waals surface area contributed by atoms with Crippen molar-refractivity contribution in [3.05, 3.63) is 59.2 Å². The van der Waals surface area contributed by atoms with E-state index in [0.717, 1.165) is 22.6 Å². The second-order valence-electron chi connectivity index (χ2n) is 4.68. The molecule has 96 valence electrons. The highest BCUT2D eigenvalue weighted by atomic mass is 16.5. The van der Waals surface area contributed by atoms with Gasteiger partial charge in [0.1, 0.15) is 18.1 Å². The molecule has 1 aliphatic rings. The number of methoxy groups -OCH3 is 1.